The van der Waals surface area contributed by atoms with E-state index in [4.69, 9.17) is 16.3 Å². The zero-order chi connectivity index (χ0) is 24.3. The Balaban J connectivity index is 1.67. The molecule has 2 aromatic rings. The molecule has 1 unspecified atom stereocenters. The maximum Gasteiger partial charge on any atom is 0.312 e. The summed E-state index contributed by atoms with van der Waals surface area (Å²) in [7, 11) is -2.66. The quantitative estimate of drug-likeness (QED) is 0.462. The van der Waals surface area contributed by atoms with E-state index in [1.54, 1.807) is 19.1 Å². The number of carbonyl (C=O) groups excluding carboxylic acids is 1. The summed E-state index contributed by atoms with van der Waals surface area (Å²) in [4.78, 5) is 25.0. The molecule has 3 rings (SSSR count). The standard InChI is InChI=1S/C21H25ClN4O6S/c1-14-4-5-16(22)12-18(14)23-21(27)15(2)24-8-10-25(11-9-24)33(30,31)17-6-7-20(32-3)19(13-17)26(28)29/h4-7,12-13,15H,8-11H2,1-3H3,(H,23,27). The van der Waals surface area contributed by atoms with E-state index in [1.165, 1.54) is 23.5 Å². The Hall–Kier alpha value is -2.73. The number of sulfonamides is 1. The van der Waals surface area contributed by atoms with Gasteiger partial charge in [0, 0.05) is 43.0 Å². The van der Waals surface area contributed by atoms with Crippen molar-refractivity contribution in [3.8, 4) is 5.75 Å². The minimum Gasteiger partial charge on any atom is -0.490 e. The molecule has 1 saturated heterocycles. The predicted molar refractivity (Wildman–Crippen MR) is 124 cm³/mol. The molecular weight excluding hydrogens is 472 g/mol. The second-order valence-electron chi connectivity index (χ2n) is 7.66. The number of aryl methyl sites for hydroxylation is 1. The lowest BCUT2D eigenvalue weighted by Gasteiger charge is -2.36. The van der Waals surface area contributed by atoms with Gasteiger partial charge in [-0.15, -0.1) is 0 Å². The van der Waals surface area contributed by atoms with E-state index in [0.29, 0.717) is 23.8 Å². The van der Waals surface area contributed by atoms with Gasteiger partial charge in [0.05, 0.1) is 23.0 Å². The number of hydrogen-bond acceptors (Lipinski definition) is 7. The van der Waals surface area contributed by atoms with Gasteiger partial charge in [-0.05, 0) is 43.7 Å². The van der Waals surface area contributed by atoms with Crippen LogP contribution in [0.2, 0.25) is 5.02 Å². The Morgan fingerprint density at radius 3 is 2.45 bits per heavy atom. The Labute approximate surface area is 197 Å². The summed E-state index contributed by atoms with van der Waals surface area (Å²) in [5.41, 5.74) is 1.09. The van der Waals surface area contributed by atoms with Crippen molar-refractivity contribution in [1.29, 1.82) is 0 Å². The molecule has 0 bridgehead atoms. The van der Waals surface area contributed by atoms with Gasteiger partial charge >= 0.3 is 5.69 Å². The summed E-state index contributed by atoms with van der Waals surface area (Å²) in [5.74, 6) is -0.235. The average Bonchev–Trinajstić information content (AvgIpc) is 2.80. The molecule has 1 N–H and O–H groups in total. The molecule has 1 fully saturated rings. The van der Waals surface area contributed by atoms with Crippen LogP contribution in [0.5, 0.6) is 5.75 Å². The lowest BCUT2D eigenvalue weighted by Crippen LogP contribution is -2.53. The average molecular weight is 497 g/mol. The fourth-order valence-corrected chi connectivity index (χ4v) is 5.20. The van der Waals surface area contributed by atoms with E-state index >= 15 is 0 Å². The number of nitro groups is 1. The highest BCUT2D eigenvalue weighted by molar-refractivity contribution is 7.89. The number of nitrogens with one attached hydrogen (secondary N) is 1. The van der Waals surface area contributed by atoms with Crippen LogP contribution in [-0.4, -0.2) is 67.8 Å². The molecule has 0 saturated carbocycles. The molecule has 10 nitrogen and oxygen atoms in total. The first kappa shape index (κ1) is 24.9. The molecule has 33 heavy (non-hydrogen) atoms. The van der Waals surface area contributed by atoms with Gasteiger partial charge in [0.25, 0.3) is 0 Å². The number of nitrogens with zero attached hydrogens (tertiary/aromatic N) is 3. The van der Waals surface area contributed by atoms with Crippen LogP contribution < -0.4 is 10.1 Å². The van der Waals surface area contributed by atoms with Crippen LogP contribution in [0.25, 0.3) is 0 Å². The molecule has 0 radical (unpaired) electrons. The Kier molecular flexibility index (Phi) is 7.58. The summed E-state index contributed by atoms with van der Waals surface area (Å²) in [5, 5.41) is 14.6. The monoisotopic (exact) mass is 496 g/mol. The van der Waals surface area contributed by atoms with Crippen molar-refractivity contribution < 1.29 is 22.9 Å². The normalized spacial score (nSPS) is 16.2. The van der Waals surface area contributed by atoms with Gasteiger partial charge in [0.2, 0.25) is 15.9 Å². The van der Waals surface area contributed by atoms with Gasteiger partial charge in [-0.2, -0.15) is 4.31 Å². The lowest BCUT2D eigenvalue weighted by atomic mass is 10.1. The van der Waals surface area contributed by atoms with Crippen LogP contribution in [0.15, 0.2) is 41.3 Å². The van der Waals surface area contributed by atoms with Crippen LogP contribution in [0.3, 0.4) is 0 Å². The summed E-state index contributed by atoms with van der Waals surface area (Å²) in [6, 6.07) is 8.31. The minimum absolute atomic E-state index is 0.0152. The second-order valence-corrected chi connectivity index (χ2v) is 10.0. The lowest BCUT2D eigenvalue weighted by molar-refractivity contribution is -0.386. The third-order valence-corrected chi connectivity index (χ3v) is 7.77. The van der Waals surface area contributed by atoms with Gasteiger partial charge < -0.3 is 10.1 Å². The molecule has 1 atom stereocenters. The molecule has 178 valence electrons. The second kappa shape index (κ2) is 10.0. The number of nitro benzene ring substituents is 1. The third-order valence-electron chi connectivity index (χ3n) is 5.64. The molecule has 1 aliphatic rings. The topological polar surface area (TPSA) is 122 Å². The minimum atomic E-state index is -3.94. The van der Waals surface area contributed by atoms with E-state index in [9.17, 15) is 23.3 Å². The maximum atomic E-state index is 13.0. The Morgan fingerprint density at radius 2 is 1.85 bits per heavy atom. The van der Waals surface area contributed by atoms with Crippen LogP contribution in [-0.2, 0) is 14.8 Å². The number of methoxy groups -OCH3 is 1. The Bertz CT molecular complexity index is 1170. The third kappa shape index (κ3) is 5.44. The van der Waals surface area contributed by atoms with Crippen molar-refractivity contribution in [3.63, 3.8) is 0 Å². The number of ether oxygens (including phenoxy) is 1. The number of benzene rings is 2. The van der Waals surface area contributed by atoms with Gasteiger partial charge in [-0.25, -0.2) is 8.42 Å². The SMILES string of the molecule is COc1ccc(S(=O)(=O)N2CCN(C(C)C(=O)Nc3cc(Cl)ccc3C)CC2)cc1[N+](=O)[O-]. The number of piperazine rings is 1. The van der Waals surface area contributed by atoms with E-state index in [-0.39, 0.29) is 29.6 Å². The molecule has 0 aliphatic carbocycles. The molecule has 1 aliphatic heterocycles. The number of carbonyl (C=O) groups is 1. The van der Waals surface area contributed by atoms with Crippen LogP contribution >= 0.6 is 11.6 Å². The largest absolute Gasteiger partial charge is 0.490 e. The number of anilines is 1. The van der Waals surface area contributed by atoms with Gasteiger partial charge in [-0.1, -0.05) is 17.7 Å². The van der Waals surface area contributed by atoms with E-state index in [1.807, 2.05) is 17.9 Å². The first-order chi connectivity index (χ1) is 15.5. The highest BCUT2D eigenvalue weighted by atomic mass is 35.5. The van der Waals surface area contributed by atoms with Crippen molar-refractivity contribution in [2.24, 2.45) is 0 Å². The van der Waals surface area contributed by atoms with Crippen molar-refractivity contribution >= 4 is 38.9 Å². The van der Waals surface area contributed by atoms with Crippen molar-refractivity contribution in [2.75, 3.05) is 38.6 Å². The highest BCUT2D eigenvalue weighted by Gasteiger charge is 2.33. The van der Waals surface area contributed by atoms with Crippen molar-refractivity contribution in [2.45, 2.75) is 24.8 Å². The maximum absolute atomic E-state index is 13.0. The Morgan fingerprint density at radius 1 is 1.18 bits per heavy atom. The smallest absolute Gasteiger partial charge is 0.312 e. The number of hydrogen-bond donors (Lipinski definition) is 1. The number of rotatable bonds is 7. The fraction of sp³-hybridized carbons (Fsp3) is 0.381. The zero-order valence-electron chi connectivity index (χ0n) is 18.4. The molecule has 1 amide bonds. The molecule has 2 aromatic carbocycles. The van der Waals surface area contributed by atoms with Gasteiger partial charge in [0.1, 0.15) is 0 Å². The summed E-state index contributed by atoms with van der Waals surface area (Å²) < 4.78 is 32.3. The van der Waals surface area contributed by atoms with Crippen LogP contribution in [0.1, 0.15) is 12.5 Å². The molecule has 12 heteroatoms. The van der Waals surface area contributed by atoms with Crippen LogP contribution in [0, 0.1) is 17.0 Å². The molecule has 1 heterocycles. The van der Waals surface area contributed by atoms with E-state index in [0.717, 1.165) is 11.6 Å². The zero-order valence-corrected chi connectivity index (χ0v) is 20.0. The van der Waals surface area contributed by atoms with Crippen molar-refractivity contribution in [3.05, 3.63) is 57.1 Å². The number of amides is 1. The summed E-state index contributed by atoms with van der Waals surface area (Å²) >= 11 is 6.01. The van der Waals surface area contributed by atoms with Crippen molar-refractivity contribution in [1.82, 2.24) is 9.21 Å². The van der Waals surface area contributed by atoms with E-state index < -0.39 is 26.7 Å². The van der Waals surface area contributed by atoms with Gasteiger partial charge in [0.15, 0.2) is 5.75 Å². The first-order valence-corrected chi connectivity index (χ1v) is 12.0. The molecule has 0 aromatic heterocycles. The van der Waals surface area contributed by atoms with E-state index in [2.05, 4.69) is 5.32 Å². The number of halogens is 1. The fourth-order valence-electron chi connectivity index (χ4n) is 3.59. The predicted octanol–water partition coefficient (Wildman–Crippen LogP) is 2.90. The van der Waals surface area contributed by atoms with Crippen LogP contribution in [0.4, 0.5) is 11.4 Å². The highest BCUT2D eigenvalue weighted by Crippen LogP contribution is 2.31. The molecule has 0 spiro atoms. The first-order valence-electron chi connectivity index (χ1n) is 10.2. The summed E-state index contributed by atoms with van der Waals surface area (Å²) in [6.07, 6.45) is 0. The van der Waals surface area contributed by atoms with Gasteiger partial charge in [-0.3, -0.25) is 19.8 Å². The molecular formula is C21H25ClN4O6S. The summed E-state index contributed by atoms with van der Waals surface area (Å²) in [6.45, 7) is 4.59.